The average Bonchev–Trinajstić information content (AvgIpc) is 2.38. The van der Waals surface area contributed by atoms with Crippen LogP contribution in [0, 0.1) is 17.3 Å². The molecule has 1 aromatic rings. The maximum absolute atomic E-state index is 6.44. The summed E-state index contributed by atoms with van der Waals surface area (Å²) in [5, 5.41) is 0. The zero-order valence-corrected chi connectivity index (χ0v) is 14.5. The summed E-state index contributed by atoms with van der Waals surface area (Å²) in [6.45, 7) is 7.10. The lowest BCUT2D eigenvalue weighted by atomic mass is 9.68. The fourth-order valence-corrected chi connectivity index (χ4v) is 3.83. The van der Waals surface area contributed by atoms with E-state index in [1.54, 1.807) is 0 Å². The summed E-state index contributed by atoms with van der Waals surface area (Å²) >= 11 is 3.47. The average molecular weight is 339 g/mol. The number of nitrogens with zero attached hydrogens (tertiary/aromatic N) is 1. The van der Waals surface area contributed by atoms with Crippen LogP contribution in [0.5, 0.6) is 0 Å². The number of aromatic nitrogens is 1. The number of hydrogen-bond donors (Lipinski definition) is 1. The molecule has 2 rings (SSSR count). The molecule has 1 unspecified atom stereocenters. The molecule has 1 atom stereocenters. The molecule has 1 aliphatic rings. The van der Waals surface area contributed by atoms with Crippen LogP contribution in [0.4, 0.5) is 0 Å². The number of pyridine rings is 1. The van der Waals surface area contributed by atoms with Gasteiger partial charge in [-0.1, -0.05) is 20.8 Å². The third kappa shape index (κ3) is 4.29. The fourth-order valence-electron chi connectivity index (χ4n) is 3.42. The molecule has 0 amide bonds. The zero-order chi connectivity index (χ0) is 14.8. The summed E-state index contributed by atoms with van der Waals surface area (Å²) in [6, 6.07) is 2.40. The van der Waals surface area contributed by atoms with Crippen molar-refractivity contribution in [2.45, 2.75) is 58.9 Å². The van der Waals surface area contributed by atoms with Crippen molar-refractivity contribution in [2.75, 3.05) is 0 Å². The van der Waals surface area contributed by atoms with Crippen molar-refractivity contribution in [3.63, 3.8) is 0 Å². The van der Waals surface area contributed by atoms with Crippen LogP contribution in [-0.2, 0) is 6.42 Å². The lowest BCUT2D eigenvalue weighted by Crippen LogP contribution is -2.36. The standard InChI is InChI=1S/C17H27BrN2/c1-17(2,3)14-6-4-13(5-7-14)16(19)9-12-8-15(18)11-20-10-12/h8,10-11,13-14,16H,4-7,9,19H2,1-3H3. The molecule has 1 fully saturated rings. The molecule has 0 bridgehead atoms. The van der Waals surface area contributed by atoms with Crippen LogP contribution >= 0.6 is 15.9 Å². The van der Waals surface area contributed by atoms with Gasteiger partial charge in [0, 0.05) is 22.9 Å². The van der Waals surface area contributed by atoms with E-state index < -0.39 is 0 Å². The highest BCUT2D eigenvalue weighted by molar-refractivity contribution is 9.10. The van der Waals surface area contributed by atoms with Gasteiger partial charge in [-0.2, -0.15) is 0 Å². The van der Waals surface area contributed by atoms with E-state index in [2.05, 4.69) is 47.8 Å². The van der Waals surface area contributed by atoms with Gasteiger partial charge in [0.2, 0.25) is 0 Å². The first-order chi connectivity index (χ1) is 9.36. The zero-order valence-electron chi connectivity index (χ0n) is 12.9. The van der Waals surface area contributed by atoms with Crippen LogP contribution in [0.1, 0.15) is 52.0 Å². The van der Waals surface area contributed by atoms with Crippen molar-refractivity contribution in [1.29, 1.82) is 0 Å². The summed E-state index contributed by atoms with van der Waals surface area (Å²) in [7, 11) is 0. The van der Waals surface area contributed by atoms with E-state index in [0.717, 1.165) is 16.8 Å². The maximum Gasteiger partial charge on any atom is 0.0410 e. The largest absolute Gasteiger partial charge is 0.327 e. The van der Waals surface area contributed by atoms with E-state index in [1.165, 1.54) is 31.2 Å². The minimum absolute atomic E-state index is 0.270. The van der Waals surface area contributed by atoms with Gasteiger partial charge >= 0.3 is 0 Å². The second kappa shape index (κ2) is 6.57. The van der Waals surface area contributed by atoms with Crippen LogP contribution in [0.15, 0.2) is 22.9 Å². The minimum Gasteiger partial charge on any atom is -0.327 e. The third-order valence-corrected chi connectivity index (χ3v) is 5.27. The second-order valence-corrected chi connectivity index (χ2v) is 8.27. The Morgan fingerprint density at radius 3 is 2.45 bits per heavy atom. The molecule has 0 aromatic carbocycles. The van der Waals surface area contributed by atoms with Crippen LogP contribution in [0.2, 0.25) is 0 Å². The van der Waals surface area contributed by atoms with Crippen molar-refractivity contribution < 1.29 is 0 Å². The molecule has 20 heavy (non-hydrogen) atoms. The number of rotatable bonds is 3. The Labute approximate surface area is 131 Å². The van der Waals surface area contributed by atoms with E-state index in [-0.39, 0.29) is 6.04 Å². The topological polar surface area (TPSA) is 38.9 Å². The van der Waals surface area contributed by atoms with E-state index in [4.69, 9.17) is 5.73 Å². The van der Waals surface area contributed by atoms with Crippen molar-refractivity contribution in [3.8, 4) is 0 Å². The third-order valence-electron chi connectivity index (χ3n) is 4.83. The van der Waals surface area contributed by atoms with Gasteiger partial charge in [0.05, 0.1) is 0 Å². The molecule has 1 aromatic heterocycles. The van der Waals surface area contributed by atoms with Crippen molar-refractivity contribution in [3.05, 3.63) is 28.5 Å². The number of hydrogen-bond acceptors (Lipinski definition) is 2. The second-order valence-electron chi connectivity index (χ2n) is 7.36. The SMILES string of the molecule is CC(C)(C)C1CCC(C(N)Cc2cncc(Br)c2)CC1. The summed E-state index contributed by atoms with van der Waals surface area (Å²) in [5.41, 5.74) is 8.13. The molecule has 112 valence electrons. The molecule has 2 nitrogen and oxygen atoms in total. The predicted molar refractivity (Wildman–Crippen MR) is 88.5 cm³/mol. The van der Waals surface area contributed by atoms with E-state index >= 15 is 0 Å². The van der Waals surface area contributed by atoms with E-state index in [0.29, 0.717) is 11.3 Å². The summed E-state index contributed by atoms with van der Waals surface area (Å²) in [5.74, 6) is 1.53. The van der Waals surface area contributed by atoms with Gasteiger partial charge in [-0.25, -0.2) is 0 Å². The Morgan fingerprint density at radius 1 is 1.25 bits per heavy atom. The number of halogens is 1. The Bertz CT molecular complexity index is 431. The van der Waals surface area contributed by atoms with E-state index in [1.807, 2.05) is 12.4 Å². The lowest BCUT2D eigenvalue weighted by Gasteiger charge is -2.38. The summed E-state index contributed by atoms with van der Waals surface area (Å²) < 4.78 is 1.04. The highest BCUT2D eigenvalue weighted by atomic mass is 79.9. The molecule has 0 saturated heterocycles. The highest BCUT2D eigenvalue weighted by Gasteiger charge is 2.31. The van der Waals surface area contributed by atoms with Crippen LogP contribution in [0.3, 0.4) is 0 Å². The molecule has 0 aliphatic heterocycles. The molecule has 1 aliphatic carbocycles. The normalized spacial score (nSPS) is 25.4. The van der Waals surface area contributed by atoms with Crippen molar-refractivity contribution in [2.24, 2.45) is 23.0 Å². The van der Waals surface area contributed by atoms with Crippen LogP contribution in [0.25, 0.3) is 0 Å². The molecule has 2 N–H and O–H groups in total. The quantitative estimate of drug-likeness (QED) is 0.876. The molecule has 0 spiro atoms. The smallest absolute Gasteiger partial charge is 0.0410 e. The first-order valence-corrected chi connectivity index (χ1v) is 8.50. The van der Waals surface area contributed by atoms with Crippen LogP contribution < -0.4 is 5.73 Å². The monoisotopic (exact) mass is 338 g/mol. The first kappa shape index (κ1) is 16.0. The molecular weight excluding hydrogens is 312 g/mol. The maximum atomic E-state index is 6.44. The van der Waals surface area contributed by atoms with Gasteiger partial charge in [-0.15, -0.1) is 0 Å². The molecule has 3 heteroatoms. The van der Waals surface area contributed by atoms with Gasteiger partial charge in [0.25, 0.3) is 0 Å². The Kier molecular flexibility index (Phi) is 5.25. The number of nitrogens with two attached hydrogens (primary N) is 1. The van der Waals surface area contributed by atoms with Gasteiger partial charge in [0.1, 0.15) is 0 Å². The predicted octanol–water partition coefficient (Wildman–Crippen LogP) is 4.57. The first-order valence-electron chi connectivity index (χ1n) is 7.71. The molecular formula is C17H27BrN2. The molecule has 1 saturated carbocycles. The van der Waals surface area contributed by atoms with E-state index in [9.17, 15) is 0 Å². The Morgan fingerprint density at radius 2 is 1.90 bits per heavy atom. The molecule has 0 radical (unpaired) electrons. The van der Waals surface area contributed by atoms with Crippen molar-refractivity contribution >= 4 is 15.9 Å². The van der Waals surface area contributed by atoms with Gasteiger partial charge in [-0.05, 0) is 76.9 Å². The Balaban J connectivity index is 1.87. The molecule has 1 heterocycles. The lowest BCUT2D eigenvalue weighted by molar-refractivity contribution is 0.139. The van der Waals surface area contributed by atoms with Crippen molar-refractivity contribution in [1.82, 2.24) is 4.98 Å². The van der Waals surface area contributed by atoms with Gasteiger partial charge in [0.15, 0.2) is 0 Å². The minimum atomic E-state index is 0.270. The van der Waals surface area contributed by atoms with Gasteiger partial charge < -0.3 is 5.73 Å². The van der Waals surface area contributed by atoms with Gasteiger partial charge in [-0.3, -0.25) is 4.98 Å². The summed E-state index contributed by atoms with van der Waals surface area (Å²) in [6.07, 6.45) is 9.93. The Hall–Kier alpha value is -0.410. The fraction of sp³-hybridized carbons (Fsp3) is 0.706. The summed E-state index contributed by atoms with van der Waals surface area (Å²) in [4.78, 5) is 4.22. The highest BCUT2D eigenvalue weighted by Crippen LogP contribution is 2.40. The van der Waals surface area contributed by atoms with Crippen LogP contribution in [-0.4, -0.2) is 11.0 Å².